The maximum absolute atomic E-state index is 9.24. The number of hydrogen-bond donors (Lipinski definition) is 1. The Kier molecular flexibility index (Phi) is 2.00. The van der Waals surface area contributed by atoms with E-state index in [0.29, 0.717) is 5.75 Å². The predicted octanol–water partition coefficient (Wildman–Crippen LogP) is 2.39. The molecule has 1 unspecified atom stereocenters. The van der Waals surface area contributed by atoms with Gasteiger partial charge in [0.05, 0.1) is 0 Å². The summed E-state index contributed by atoms with van der Waals surface area (Å²) < 4.78 is 0. The second kappa shape index (κ2) is 3.15. The SMILES string of the molecule is Oc1cccc(S2=CC=CC2)c1. The lowest BCUT2D eigenvalue weighted by molar-refractivity contribution is 0.474. The van der Waals surface area contributed by atoms with Gasteiger partial charge in [-0.25, -0.2) is 0 Å². The third-order valence-corrected chi connectivity index (χ3v) is 3.67. The summed E-state index contributed by atoms with van der Waals surface area (Å²) in [4.78, 5) is 1.22. The maximum atomic E-state index is 9.24. The molecule has 2 heteroatoms. The first kappa shape index (κ1) is 7.62. The summed E-state index contributed by atoms with van der Waals surface area (Å²) in [6.45, 7) is 0. The average Bonchev–Trinajstić information content (AvgIpc) is 2.56. The van der Waals surface area contributed by atoms with E-state index in [-0.39, 0.29) is 10.5 Å². The van der Waals surface area contributed by atoms with E-state index in [0.717, 1.165) is 5.75 Å². The minimum absolute atomic E-state index is 0.203. The second-order valence-corrected chi connectivity index (χ2v) is 4.59. The van der Waals surface area contributed by atoms with Crippen molar-refractivity contribution in [3.05, 3.63) is 36.4 Å². The molecule has 1 N–H and O–H groups in total. The molecule has 1 aromatic rings. The summed E-state index contributed by atoms with van der Waals surface area (Å²) in [6, 6.07) is 7.50. The van der Waals surface area contributed by atoms with Gasteiger partial charge in [0.15, 0.2) is 0 Å². The van der Waals surface area contributed by atoms with Crippen molar-refractivity contribution in [2.75, 3.05) is 5.75 Å². The van der Waals surface area contributed by atoms with E-state index >= 15 is 0 Å². The molecule has 1 nitrogen and oxygen atoms in total. The molecule has 0 radical (unpaired) electrons. The highest BCUT2D eigenvalue weighted by Crippen LogP contribution is 2.30. The number of allylic oxidation sites excluding steroid dienone is 1. The molecule has 2 rings (SSSR count). The van der Waals surface area contributed by atoms with Crippen molar-refractivity contribution in [2.45, 2.75) is 4.90 Å². The van der Waals surface area contributed by atoms with E-state index in [4.69, 9.17) is 0 Å². The molecule has 1 heterocycles. The van der Waals surface area contributed by atoms with Crippen LogP contribution in [0.4, 0.5) is 0 Å². The van der Waals surface area contributed by atoms with Crippen LogP contribution < -0.4 is 0 Å². The van der Waals surface area contributed by atoms with Crippen molar-refractivity contribution in [1.82, 2.24) is 0 Å². The molecule has 0 spiro atoms. The van der Waals surface area contributed by atoms with Crippen LogP contribution in [0, 0.1) is 0 Å². The van der Waals surface area contributed by atoms with Crippen LogP contribution in [-0.4, -0.2) is 16.2 Å². The average molecular weight is 178 g/mol. The molecule has 62 valence electrons. The molecular weight excluding hydrogens is 168 g/mol. The fraction of sp³-hybridized carbons (Fsp3) is 0.100. The highest BCUT2D eigenvalue weighted by molar-refractivity contribution is 8.15. The van der Waals surface area contributed by atoms with Crippen molar-refractivity contribution in [3.63, 3.8) is 0 Å². The predicted molar refractivity (Wildman–Crippen MR) is 54.0 cm³/mol. The summed E-state index contributed by atoms with van der Waals surface area (Å²) in [7, 11) is 0.203. The standard InChI is InChI=1S/C10H10OS/c11-9-4-3-5-10(8-9)12-6-1-2-7-12/h1-6,8,11H,7H2. The molecule has 0 saturated heterocycles. The quantitative estimate of drug-likeness (QED) is 0.655. The lowest BCUT2D eigenvalue weighted by atomic mass is 10.3. The first-order valence-electron chi connectivity index (χ1n) is 3.85. The lowest BCUT2D eigenvalue weighted by Gasteiger charge is -2.03. The van der Waals surface area contributed by atoms with Gasteiger partial charge >= 0.3 is 0 Å². The van der Waals surface area contributed by atoms with Crippen LogP contribution in [-0.2, 0) is 0 Å². The summed E-state index contributed by atoms with van der Waals surface area (Å²) in [5.41, 5.74) is 0. The van der Waals surface area contributed by atoms with E-state index in [2.05, 4.69) is 23.6 Å². The van der Waals surface area contributed by atoms with Gasteiger partial charge in [-0.15, -0.1) is 0 Å². The van der Waals surface area contributed by atoms with Crippen LogP contribution in [0.3, 0.4) is 0 Å². The van der Waals surface area contributed by atoms with Crippen molar-refractivity contribution in [3.8, 4) is 5.75 Å². The summed E-state index contributed by atoms with van der Waals surface area (Å²) in [5, 5.41) is 11.4. The Labute approximate surface area is 74.3 Å². The normalized spacial score (nSPS) is 20.8. The van der Waals surface area contributed by atoms with Gasteiger partial charge in [-0.2, -0.15) is 10.5 Å². The zero-order valence-corrected chi connectivity index (χ0v) is 7.42. The van der Waals surface area contributed by atoms with Gasteiger partial charge in [0, 0.05) is 10.6 Å². The van der Waals surface area contributed by atoms with E-state index in [9.17, 15) is 5.11 Å². The largest absolute Gasteiger partial charge is 0.508 e. The lowest BCUT2D eigenvalue weighted by Crippen LogP contribution is -1.76. The van der Waals surface area contributed by atoms with E-state index in [1.165, 1.54) is 4.90 Å². The van der Waals surface area contributed by atoms with Crippen LogP contribution in [0.1, 0.15) is 0 Å². The third kappa shape index (κ3) is 1.43. The Bertz CT molecular complexity index is 353. The summed E-state index contributed by atoms with van der Waals surface area (Å²) in [5.74, 6) is 1.45. The number of rotatable bonds is 1. The van der Waals surface area contributed by atoms with E-state index in [1.54, 1.807) is 6.07 Å². The molecule has 0 aromatic heterocycles. The minimum Gasteiger partial charge on any atom is -0.508 e. The highest BCUT2D eigenvalue weighted by atomic mass is 32.2. The molecule has 1 aliphatic heterocycles. The number of benzene rings is 1. The fourth-order valence-corrected chi connectivity index (χ4v) is 2.79. The molecule has 0 aliphatic carbocycles. The Morgan fingerprint density at radius 1 is 1.33 bits per heavy atom. The molecule has 1 atom stereocenters. The number of hydrogen-bond acceptors (Lipinski definition) is 1. The topological polar surface area (TPSA) is 20.2 Å². The van der Waals surface area contributed by atoms with Gasteiger partial charge in [0.1, 0.15) is 5.75 Å². The molecular formula is C10H10OS. The van der Waals surface area contributed by atoms with Gasteiger partial charge in [0.25, 0.3) is 0 Å². The second-order valence-electron chi connectivity index (χ2n) is 2.66. The van der Waals surface area contributed by atoms with E-state index in [1.807, 2.05) is 12.1 Å². The zero-order valence-electron chi connectivity index (χ0n) is 6.60. The molecule has 0 saturated carbocycles. The first-order chi connectivity index (χ1) is 5.86. The minimum atomic E-state index is 0.203. The Morgan fingerprint density at radius 2 is 2.25 bits per heavy atom. The smallest absolute Gasteiger partial charge is 0.116 e. The molecule has 0 bridgehead atoms. The van der Waals surface area contributed by atoms with Gasteiger partial charge in [0.2, 0.25) is 0 Å². The van der Waals surface area contributed by atoms with Crippen molar-refractivity contribution in [1.29, 1.82) is 0 Å². The summed E-state index contributed by atoms with van der Waals surface area (Å²) >= 11 is 0. The Balaban J connectivity index is 2.35. The van der Waals surface area contributed by atoms with Crippen LogP contribution in [0.15, 0.2) is 41.3 Å². The van der Waals surface area contributed by atoms with Gasteiger partial charge in [-0.1, -0.05) is 18.2 Å². The first-order valence-corrected chi connectivity index (χ1v) is 5.31. The van der Waals surface area contributed by atoms with Gasteiger partial charge in [-0.05, 0) is 23.6 Å². The van der Waals surface area contributed by atoms with Crippen molar-refractivity contribution < 1.29 is 5.11 Å². The van der Waals surface area contributed by atoms with Crippen LogP contribution in [0.2, 0.25) is 0 Å². The molecule has 0 fully saturated rings. The van der Waals surface area contributed by atoms with Gasteiger partial charge in [-0.3, -0.25) is 0 Å². The van der Waals surface area contributed by atoms with E-state index < -0.39 is 0 Å². The molecule has 1 aromatic carbocycles. The number of phenolic OH excluding ortho intramolecular Hbond substituents is 1. The number of phenols is 1. The maximum Gasteiger partial charge on any atom is 0.116 e. The van der Waals surface area contributed by atoms with Crippen molar-refractivity contribution >= 4 is 15.9 Å². The fourth-order valence-electron chi connectivity index (χ4n) is 1.19. The van der Waals surface area contributed by atoms with Crippen LogP contribution >= 0.6 is 10.5 Å². The van der Waals surface area contributed by atoms with Gasteiger partial charge < -0.3 is 5.11 Å². The number of aromatic hydroxyl groups is 1. The molecule has 0 amide bonds. The Morgan fingerprint density at radius 3 is 2.92 bits per heavy atom. The molecule has 12 heavy (non-hydrogen) atoms. The van der Waals surface area contributed by atoms with Crippen molar-refractivity contribution in [2.24, 2.45) is 0 Å². The monoisotopic (exact) mass is 178 g/mol. The summed E-state index contributed by atoms with van der Waals surface area (Å²) in [6.07, 6.45) is 4.25. The highest BCUT2D eigenvalue weighted by Gasteiger charge is 2.00. The third-order valence-electron chi connectivity index (χ3n) is 1.78. The zero-order chi connectivity index (χ0) is 8.39. The van der Waals surface area contributed by atoms with Crippen LogP contribution in [0.5, 0.6) is 5.75 Å². The Hall–Kier alpha value is -1.02. The molecule has 1 aliphatic rings. The van der Waals surface area contributed by atoms with Crippen LogP contribution in [0.25, 0.3) is 0 Å².